The van der Waals surface area contributed by atoms with Crippen molar-refractivity contribution in [2.24, 2.45) is 0 Å². The Morgan fingerprint density at radius 2 is 1.69 bits per heavy atom. The quantitative estimate of drug-likeness (QED) is 0.437. The van der Waals surface area contributed by atoms with Crippen LogP contribution in [0.15, 0.2) is 77.3 Å². The predicted octanol–water partition coefficient (Wildman–Crippen LogP) is 5.79. The molecule has 0 saturated carbocycles. The van der Waals surface area contributed by atoms with Crippen LogP contribution >= 0.6 is 0 Å². The van der Waals surface area contributed by atoms with Gasteiger partial charge in [-0.05, 0) is 48.9 Å². The maximum absolute atomic E-state index is 6.08. The lowest BCUT2D eigenvalue weighted by Gasteiger charge is -1.98. The molecule has 5 rings (SSSR count). The molecular formula is C22H17N3O. The largest absolute Gasteiger partial charge is 0.453 e. The summed E-state index contributed by atoms with van der Waals surface area (Å²) in [6, 6.07) is 22.5. The molecular weight excluding hydrogens is 322 g/mol. The van der Waals surface area contributed by atoms with Gasteiger partial charge in [0.15, 0.2) is 11.6 Å². The van der Waals surface area contributed by atoms with Crippen LogP contribution in [0.1, 0.15) is 5.69 Å². The molecule has 0 saturated heterocycles. The maximum atomic E-state index is 6.08. The van der Waals surface area contributed by atoms with Gasteiger partial charge in [-0.2, -0.15) is 0 Å². The summed E-state index contributed by atoms with van der Waals surface area (Å²) in [5, 5.41) is 1.17. The molecule has 0 aliphatic rings. The molecule has 0 spiro atoms. The molecule has 26 heavy (non-hydrogen) atoms. The summed E-state index contributed by atoms with van der Waals surface area (Å²) in [5.74, 6) is 2.31. The first kappa shape index (κ1) is 14.8. The second-order valence-corrected chi connectivity index (χ2v) is 6.36. The first-order chi connectivity index (χ1) is 12.8. The van der Waals surface area contributed by atoms with Crippen molar-refractivity contribution in [1.82, 2.24) is 15.0 Å². The standard InChI is InChI=1S/C22H17N3O/c1-14-21(15-5-3-2-4-6-15)25-22(24-14)20-10-9-19(26-20)17-7-8-18-16(13-17)11-12-23-18/h2-13,23H,1H3,(H,24,25). The first-order valence-electron chi connectivity index (χ1n) is 8.58. The van der Waals surface area contributed by atoms with E-state index in [9.17, 15) is 0 Å². The number of benzene rings is 2. The first-order valence-corrected chi connectivity index (χ1v) is 8.58. The number of aromatic amines is 2. The van der Waals surface area contributed by atoms with Crippen LogP contribution < -0.4 is 0 Å². The Morgan fingerprint density at radius 1 is 0.846 bits per heavy atom. The van der Waals surface area contributed by atoms with Gasteiger partial charge in [0.05, 0.1) is 11.4 Å². The average molecular weight is 339 g/mol. The minimum Gasteiger partial charge on any atom is -0.453 e. The molecule has 5 aromatic rings. The molecule has 0 radical (unpaired) electrons. The second-order valence-electron chi connectivity index (χ2n) is 6.36. The molecule has 0 amide bonds. The highest BCUT2D eigenvalue weighted by atomic mass is 16.3. The summed E-state index contributed by atoms with van der Waals surface area (Å²) >= 11 is 0. The fraction of sp³-hybridized carbons (Fsp3) is 0.0455. The number of fused-ring (bicyclic) bond motifs is 1. The molecule has 4 heteroatoms. The molecule has 0 fully saturated rings. The third kappa shape index (κ3) is 2.43. The number of rotatable bonds is 3. The third-order valence-electron chi connectivity index (χ3n) is 4.62. The number of hydrogen-bond acceptors (Lipinski definition) is 2. The van der Waals surface area contributed by atoms with Gasteiger partial charge in [0.1, 0.15) is 5.76 Å². The summed E-state index contributed by atoms with van der Waals surface area (Å²) in [5.41, 5.74) is 5.27. The van der Waals surface area contributed by atoms with Crippen molar-refractivity contribution >= 4 is 10.9 Å². The van der Waals surface area contributed by atoms with Gasteiger partial charge in [-0.3, -0.25) is 0 Å². The molecule has 3 heterocycles. The van der Waals surface area contributed by atoms with E-state index in [2.05, 4.69) is 51.4 Å². The monoisotopic (exact) mass is 339 g/mol. The number of hydrogen-bond donors (Lipinski definition) is 2. The number of furan rings is 1. The lowest BCUT2D eigenvalue weighted by atomic mass is 10.1. The van der Waals surface area contributed by atoms with E-state index in [4.69, 9.17) is 4.42 Å². The van der Waals surface area contributed by atoms with Gasteiger partial charge < -0.3 is 14.4 Å². The molecule has 2 N–H and O–H groups in total. The topological polar surface area (TPSA) is 57.6 Å². The lowest BCUT2D eigenvalue weighted by molar-refractivity contribution is 0.593. The zero-order valence-corrected chi connectivity index (χ0v) is 14.3. The van der Waals surface area contributed by atoms with E-state index in [-0.39, 0.29) is 0 Å². The van der Waals surface area contributed by atoms with Crippen molar-refractivity contribution in [3.05, 3.63) is 78.6 Å². The molecule has 3 aromatic heterocycles. The molecule has 0 atom stereocenters. The average Bonchev–Trinajstić information content (AvgIpc) is 3.40. The molecule has 126 valence electrons. The van der Waals surface area contributed by atoms with Crippen LogP contribution in [-0.4, -0.2) is 15.0 Å². The third-order valence-corrected chi connectivity index (χ3v) is 4.62. The van der Waals surface area contributed by atoms with E-state index >= 15 is 0 Å². The number of nitrogens with one attached hydrogen (secondary N) is 2. The van der Waals surface area contributed by atoms with Crippen molar-refractivity contribution in [3.8, 4) is 34.2 Å². The number of imidazole rings is 1. The van der Waals surface area contributed by atoms with Gasteiger partial charge in [0, 0.05) is 22.7 Å². The minimum atomic E-state index is 0.736. The smallest absolute Gasteiger partial charge is 0.174 e. The van der Waals surface area contributed by atoms with Crippen LogP contribution in [-0.2, 0) is 0 Å². The van der Waals surface area contributed by atoms with Gasteiger partial charge >= 0.3 is 0 Å². The lowest BCUT2D eigenvalue weighted by Crippen LogP contribution is -1.79. The Labute approximate surface area is 150 Å². The predicted molar refractivity (Wildman–Crippen MR) is 104 cm³/mol. The highest BCUT2D eigenvalue weighted by molar-refractivity contribution is 5.84. The molecule has 2 aromatic carbocycles. The number of H-pyrrole nitrogens is 2. The molecule has 4 nitrogen and oxygen atoms in total. The van der Waals surface area contributed by atoms with Crippen LogP contribution in [0, 0.1) is 6.92 Å². The Morgan fingerprint density at radius 3 is 2.58 bits per heavy atom. The Hall–Kier alpha value is -3.53. The molecule has 0 aliphatic heterocycles. The van der Waals surface area contributed by atoms with Crippen LogP contribution in [0.3, 0.4) is 0 Å². The Kier molecular flexibility index (Phi) is 3.28. The van der Waals surface area contributed by atoms with Gasteiger partial charge in [0.2, 0.25) is 0 Å². The van der Waals surface area contributed by atoms with Crippen LogP contribution in [0.25, 0.3) is 45.1 Å². The fourth-order valence-electron chi connectivity index (χ4n) is 3.29. The normalized spacial score (nSPS) is 11.3. The number of aromatic nitrogens is 3. The SMILES string of the molecule is Cc1nc(-c2ccc(-c3ccc4[nH]ccc4c3)o2)[nH]c1-c1ccccc1. The summed E-state index contributed by atoms with van der Waals surface area (Å²) in [4.78, 5) is 11.3. The van der Waals surface area contributed by atoms with E-state index in [1.54, 1.807) is 0 Å². The van der Waals surface area contributed by atoms with E-state index < -0.39 is 0 Å². The van der Waals surface area contributed by atoms with E-state index in [0.717, 1.165) is 45.4 Å². The molecule has 0 bridgehead atoms. The van der Waals surface area contributed by atoms with Crippen molar-refractivity contribution in [2.75, 3.05) is 0 Å². The Bertz CT molecular complexity index is 1190. The van der Waals surface area contributed by atoms with Crippen molar-refractivity contribution in [1.29, 1.82) is 0 Å². The van der Waals surface area contributed by atoms with E-state index in [1.807, 2.05) is 43.5 Å². The zero-order valence-electron chi connectivity index (χ0n) is 14.3. The Balaban J connectivity index is 1.52. The van der Waals surface area contributed by atoms with Crippen molar-refractivity contribution in [3.63, 3.8) is 0 Å². The van der Waals surface area contributed by atoms with Gasteiger partial charge in [-0.25, -0.2) is 4.98 Å². The van der Waals surface area contributed by atoms with Gasteiger partial charge in [-0.15, -0.1) is 0 Å². The van der Waals surface area contributed by atoms with Gasteiger partial charge in [-0.1, -0.05) is 30.3 Å². The van der Waals surface area contributed by atoms with Crippen molar-refractivity contribution < 1.29 is 4.42 Å². The second kappa shape index (κ2) is 5.77. The minimum absolute atomic E-state index is 0.736. The molecule has 0 aliphatic carbocycles. The summed E-state index contributed by atoms with van der Waals surface area (Å²) in [7, 11) is 0. The maximum Gasteiger partial charge on any atom is 0.174 e. The van der Waals surface area contributed by atoms with Crippen LogP contribution in [0.4, 0.5) is 0 Å². The van der Waals surface area contributed by atoms with Gasteiger partial charge in [0.25, 0.3) is 0 Å². The number of aryl methyl sites for hydroxylation is 1. The summed E-state index contributed by atoms with van der Waals surface area (Å²) < 4.78 is 6.08. The van der Waals surface area contributed by atoms with Crippen LogP contribution in [0.5, 0.6) is 0 Å². The summed E-state index contributed by atoms with van der Waals surface area (Å²) in [6.07, 6.45) is 1.94. The van der Waals surface area contributed by atoms with E-state index in [1.165, 1.54) is 5.39 Å². The highest BCUT2D eigenvalue weighted by Crippen LogP contribution is 2.31. The van der Waals surface area contributed by atoms with Crippen molar-refractivity contribution in [2.45, 2.75) is 6.92 Å². The zero-order chi connectivity index (χ0) is 17.5. The summed E-state index contributed by atoms with van der Waals surface area (Å²) in [6.45, 7) is 2.01. The van der Waals surface area contributed by atoms with E-state index in [0.29, 0.717) is 0 Å². The molecule has 0 unspecified atom stereocenters. The van der Waals surface area contributed by atoms with Crippen LogP contribution in [0.2, 0.25) is 0 Å². The fourth-order valence-corrected chi connectivity index (χ4v) is 3.29. The highest BCUT2D eigenvalue weighted by Gasteiger charge is 2.14. The number of nitrogens with zero attached hydrogens (tertiary/aromatic N) is 1.